The van der Waals surface area contributed by atoms with Crippen molar-refractivity contribution in [1.29, 1.82) is 0 Å². The summed E-state index contributed by atoms with van der Waals surface area (Å²) in [5, 5.41) is 6.39. The van der Waals surface area contributed by atoms with Gasteiger partial charge in [-0.1, -0.05) is 6.92 Å². The van der Waals surface area contributed by atoms with Crippen LogP contribution in [0.15, 0.2) is 59.5 Å². The first kappa shape index (κ1) is 24.7. The highest BCUT2D eigenvalue weighted by molar-refractivity contribution is 5.98. The molecule has 1 fully saturated rings. The summed E-state index contributed by atoms with van der Waals surface area (Å²) >= 11 is 0. The van der Waals surface area contributed by atoms with Crippen LogP contribution in [0.2, 0.25) is 0 Å². The van der Waals surface area contributed by atoms with Gasteiger partial charge in [-0.3, -0.25) is 4.79 Å². The molecular formula is C28H31FN6O2. The van der Waals surface area contributed by atoms with Gasteiger partial charge in [0.05, 0.1) is 11.8 Å². The van der Waals surface area contributed by atoms with E-state index >= 15 is 4.39 Å². The fourth-order valence-electron chi connectivity index (χ4n) is 4.73. The van der Waals surface area contributed by atoms with Crippen LogP contribution in [0.25, 0.3) is 11.0 Å². The predicted molar refractivity (Wildman–Crippen MR) is 143 cm³/mol. The van der Waals surface area contributed by atoms with Crippen LogP contribution in [0.4, 0.5) is 21.7 Å². The third-order valence-corrected chi connectivity index (χ3v) is 6.95. The van der Waals surface area contributed by atoms with Crippen molar-refractivity contribution in [2.24, 2.45) is 0 Å². The number of carbonyl (C=O) groups is 1. The Hall–Kier alpha value is -3.98. The van der Waals surface area contributed by atoms with Crippen molar-refractivity contribution in [3.63, 3.8) is 0 Å². The third kappa shape index (κ3) is 5.41. The quantitative estimate of drug-likeness (QED) is 0.370. The molecule has 0 radical (unpaired) electrons. The second-order valence-electron chi connectivity index (χ2n) is 9.14. The van der Waals surface area contributed by atoms with E-state index in [0.29, 0.717) is 35.3 Å². The number of nitrogens with one attached hydrogen (secondary N) is 2. The normalized spacial score (nSPS) is 14.2. The Morgan fingerprint density at radius 2 is 1.78 bits per heavy atom. The molecule has 1 aliphatic heterocycles. The van der Waals surface area contributed by atoms with Gasteiger partial charge in [-0.25, -0.2) is 14.4 Å². The van der Waals surface area contributed by atoms with E-state index in [0.717, 1.165) is 44.0 Å². The molecule has 0 spiro atoms. The first-order valence-electron chi connectivity index (χ1n) is 12.6. The summed E-state index contributed by atoms with van der Waals surface area (Å²) in [6.07, 6.45) is 5.89. The minimum atomic E-state index is -0.525. The van der Waals surface area contributed by atoms with Crippen LogP contribution >= 0.6 is 0 Å². The lowest BCUT2D eigenvalue weighted by atomic mass is 9.99. The van der Waals surface area contributed by atoms with Crippen LogP contribution in [0.1, 0.15) is 28.4 Å². The Morgan fingerprint density at radius 3 is 2.46 bits per heavy atom. The number of nitrogens with zero attached hydrogens (tertiary/aromatic N) is 4. The van der Waals surface area contributed by atoms with Crippen LogP contribution in [0.3, 0.4) is 0 Å². The molecule has 0 atom stereocenters. The van der Waals surface area contributed by atoms with Gasteiger partial charge in [-0.2, -0.15) is 0 Å². The molecule has 0 saturated carbocycles. The molecule has 8 nitrogen and oxygen atoms in total. The SMILES string of the molecule is CCN1CCN(c2ccc(Nc3ncc(CCc4c(F)c(C(=O)NC)cc5occc45)cn3)cc2)CC1. The fourth-order valence-corrected chi connectivity index (χ4v) is 4.73. The van der Waals surface area contributed by atoms with Gasteiger partial charge in [-0.15, -0.1) is 0 Å². The van der Waals surface area contributed by atoms with Gasteiger partial charge in [0.2, 0.25) is 5.95 Å². The maximum absolute atomic E-state index is 15.2. The predicted octanol–water partition coefficient (Wildman–Crippen LogP) is 4.39. The van der Waals surface area contributed by atoms with Crippen LogP contribution in [-0.2, 0) is 12.8 Å². The Bertz CT molecular complexity index is 1360. The number of furan rings is 1. The summed E-state index contributed by atoms with van der Waals surface area (Å²) in [5.74, 6) is -0.510. The summed E-state index contributed by atoms with van der Waals surface area (Å²) in [6, 6.07) is 11.5. The van der Waals surface area contributed by atoms with E-state index in [1.807, 2.05) is 12.1 Å². The second kappa shape index (κ2) is 11.0. The van der Waals surface area contributed by atoms with Gasteiger partial charge in [0, 0.05) is 67.9 Å². The number of halogens is 1. The molecule has 0 unspecified atom stereocenters. The van der Waals surface area contributed by atoms with Gasteiger partial charge in [0.15, 0.2) is 0 Å². The van der Waals surface area contributed by atoms with Crippen LogP contribution in [0, 0.1) is 5.82 Å². The number of hydrogen-bond donors (Lipinski definition) is 2. The van der Waals surface area contributed by atoms with Gasteiger partial charge in [0.25, 0.3) is 5.91 Å². The zero-order valence-electron chi connectivity index (χ0n) is 21.1. The fraction of sp³-hybridized carbons (Fsp3) is 0.321. The van der Waals surface area contributed by atoms with Crippen molar-refractivity contribution in [1.82, 2.24) is 20.2 Å². The minimum Gasteiger partial charge on any atom is -0.464 e. The average molecular weight is 503 g/mol. The highest BCUT2D eigenvalue weighted by atomic mass is 19.1. The number of hydrogen-bond acceptors (Lipinski definition) is 7. The number of likely N-dealkylation sites (N-methyl/N-ethyl adjacent to an activating group) is 1. The number of piperazine rings is 1. The zero-order chi connectivity index (χ0) is 25.8. The molecular weight excluding hydrogens is 471 g/mol. The summed E-state index contributed by atoms with van der Waals surface area (Å²) < 4.78 is 20.6. The Morgan fingerprint density at radius 1 is 1.05 bits per heavy atom. The monoisotopic (exact) mass is 502 g/mol. The number of aryl methyl sites for hydroxylation is 2. The standard InChI is InChI=1S/C28H31FN6O2/c1-3-34-11-13-35(14-12-34)21-7-5-20(6-8-21)33-28-31-17-19(18-32-28)4-9-23-22-10-15-37-25(22)16-24(26(23)29)27(36)30-2/h5-8,10,15-18H,3-4,9,11-14H2,1-2H3,(H,30,36)(H,31,32,33). The Labute approximate surface area is 215 Å². The van der Waals surface area contributed by atoms with E-state index < -0.39 is 11.7 Å². The highest BCUT2D eigenvalue weighted by Crippen LogP contribution is 2.28. The Balaban J connectivity index is 1.22. The first-order valence-corrected chi connectivity index (χ1v) is 12.6. The molecule has 1 aliphatic rings. The Kier molecular flexibility index (Phi) is 7.32. The molecule has 1 saturated heterocycles. The summed E-state index contributed by atoms with van der Waals surface area (Å²) in [4.78, 5) is 25.9. The topological polar surface area (TPSA) is 86.5 Å². The van der Waals surface area contributed by atoms with Gasteiger partial charge >= 0.3 is 0 Å². The van der Waals surface area contributed by atoms with Gasteiger partial charge in [-0.05, 0) is 61.3 Å². The molecule has 192 valence electrons. The van der Waals surface area contributed by atoms with E-state index in [2.05, 4.69) is 49.5 Å². The number of amides is 1. The molecule has 2 aromatic carbocycles. The highest BCUT2D eigenvalue weighted by Gasteiger charge is 2.20. The number of rotatable bonds is 8. The van der Waals surface area contributed by atoms with E-state index in [1.165, 1.54) is 25.1 Å². The first-order chi connectivity index (χ1) is 18.1. The van der Waals surface area contributed by atoms with E-state index in [-0.39, 0.29) is 5.56 Å². The molecule has 4 aromatic rings. The zero-order valence-corrected chi connectivity index (χ0v) is 21.1. The maximum atomic E-state index is 15.2. The lowest BCUT2D eigenvalue weighted by Crippen LogP contribution is -2.46. The number of carbonyl (C=O) groups excluding carboxylic acids is 1. The molecule has 1 amide bonds. The van der Waals surface area contributed by atoms with E-state index in [1.54, 1.807) is 18.5 Å². The van der Waals surface area contributed by atoms with Crippen molar-refractivity contribution in [3.05, 3.63) is 77.6 Å². The van der Waals surface area contributed by atoms with Crippen molar-refractivity contribution in [3.8, 4) is 0 Å². The van der Waals surface area contributed by atoms with Crippen molar-refractivity contribution in [2.75, 3.05) is 50.0 Å². The largest absolute Gasteiger partial charge is 0.464 e. The maximum Gasteiger partial charge on any atom is 0.254 e. The number of anilines is 3. The van der Waals surface area contributed by atoms with E-state index in [4.69, 9.17) is 4.42 Å². The van der Waals surface area contributed by atoms with Crippen LogP contribution < -0.4 is 15.5 Å². The molecule has 37 heavy (non-hydrogen) atoms. The van der Waals surface area contributed by atoms with Crippen molar-refractivity contribution >= 4 is 34.2 Å². The third-order valence-electron chi connectivity index (χ3n) is 6.95. The number of benzene rings is 2. The number of aromatic nitrogens is 2. The molecule has 5 rings (SSSR count). The summed E-state index contributed by atoms with van der Waals surface area (Å²) in [5.41, 5.74) is 3.91. The minimum absolute atomic E-state index is 0.0232. The van der Waals surface area contributed by atoms with Gasteiger partial charge < -0.3 is 24.9 Å². The molecule has 9 heteroatoms. The molecule has 0 bridgehead atoms. The summed E-state index contributed by atoms with van der Waals surface area (Å²) in [7, 11) is 1.48. The van der Waals surface area contributed by atoms with Crippen LogP contribution in [-0.4, -0.2) is 60.5 Å². The van der Waals surface area contributed by atoms with Crippen LogP contribution in [0.5, 0.6) is 0 Å². The molecule has 2 N–H and O–H groups in total. The molecule has 0 aliphatic carbocycles. The average Bonchev–Trinajstić information content (AvgIpc) is 3.41. The number of fused-ring (bicyclic) bond motifs is 1. The smallest absolute Gasteiger partial charge is 0.254 e. The van der Waals surface area contributed by atoms with Crippen molar-refractivity contribution < 1.29 is 13.6 Å². The summed E-state index contributed by atoms with van der Waals surface area (Å²) in [6.45, 7) is 7.57. The molecule has 2 aromatic heterocycles. The molecule has 3 heterocycles. The van der Waals surface area contributed by atoms with E-state index in [9.17, 15) is 4.79 Å². The van der Waals surface area contributed by atoms with Gasteiger partial charge in [0.1, 0.15) is 11.4 Å². The second-order valence-corrected chi connectivity index (χ2v) is 9.14. The lowest BCUT2D eigenvalue weighted by Gasteiger charge is -2.35. The van der Waals surface area contributed by atoms with Crippen molar-refractivity contribution in [2.45, 2.75) is 19.8 Å². The lowest BCUT2D eigenvalue weighted by molar-refractivity contribution is 0.0959.